The van der Waals surface area contributed by atoms with Gasteiger partial charge in [-0.3, -0.25) is 9.69 Å². The Morgan fingerprint density at radius 2 is 2.03 bits per heavy atom. The van der Waals surface area contributed by atoms with Crippen LogP contribution in [0.3, 0.4) is 0 Å². The van der Waals surface area contributed by atoms with E-state index in [0.717, 1.165) is 28.1 Å². The number of amides is 1. The Morgan fingerprint density at radius 3 is 2.83 bits per heavy atom. The third-order valence-electron chi connectivity index (χ3n) is 5.37. The first-order valence-electron chi connectivity index (χ1n) is 9.92. The Labute approximate surface area is 170 Å². The molecule has 0 unspecified atom stereocenters. The van der Waals surface area contributed by atoms with Crippen molar-refractivity contribution in [2.24, 2.45) is 0 Å². The quantitative estimate of drug-likeness (QED) is 0.737. The summed E-state index contributed by atoms with van der Waals surface area (Å²) in [5.74, 6) is -0.198. The van der Waals surface area contributed by atoms with Crippen molar-refractivity contribution < 1.29 is 9.18 Å². The van der Waals surface area contributed by atoms with Crippen molar-refractivity contribution in [3.8, 4) is 16.9 Å². The molecule has 0 bridgehead atoms. The Balaban J connectivity index is 1.73. The first-order chi connectivity index (χ1) is 14.0. The van der Waals surface area contributed by atoms with Gasteiger partial charge in [-0.25, -0.2) is 9.07 Å². The fourth-order valence-electron chi connectivity index (χ4n) is 3.71. The fourth-order valence-corrected chi connectivity index (χ4v) is 3.71. The van der Waals surface area contributed by atoms with Crippen LogP contribution in [0, 0.1) is 12.7 Å². The number of hydrogen-bond acceptors (Lipinski definition) is 3. The zero-order chi connectivity index (χ0) is 20.4. The maximum atomic E-state index is 13.9. The zero-order valence-corrected chi connectivity index (χ0v) is 16.7. The molecule has 1 aromatic heterocycles. The van der Waals surface area contributed by atoms with E-state index in [1.54, 1.807) is 6.07 Å². The molecule has 1 fully saturated rings. The van der Waals surface area contributed by atoms with Crippen LogP contribution in [-0.4, -0.2) is 39.7 Å². The molecule has 6 heteroatoms. The molecule has 1 aliphatic heterocycles. The first-order valence-corrected chi connectivity index (χ1v) is 9.92. The van der Waals surface area contributed by atoms with E-state index >= 15 is 0 Å². The highest BCUT2D eigenvalue weighted by Crippen LogP contribution is 2.26. The fraction of sp³-hybridized carbons (Fsp3) is 0.304. The van der Waals surface area contributed by atoms with Crippen LogP contribution in [0.1, 0.15) is 24.5 Å². The number of hydrogen-bond donors (Lipinski definition) is 1. The van der Waals surface area contributed by atoms with Gasteiger partial charge in [0.05, 0.1) is 11.4 Å². The summed E-state index contributed by atoms with van der Waals surface area (Å²) in [5.41, 5.74) is 4.65. The molecule has 1 amide bonds. The lowest BCUT2D eigenvalue weighted by Gasteiger charge is -2.26. The van der Waals surface area contributed by atoms with Crippen molar-refractivity contribution in [1.29, 1.82) is 0 Å². The minimum Gasteiger partial charge on any atom is -0.355 e. The number of aryl methyl sites for hydroxylation is 1. The van der Waals surface area contributed by atoms with Crippen molar-refractivity contribution >= 4 is 5.91 Å². The molecule has 1 saturated heterocycles. The summed E-state index contributed by atoms with van der Waals surface area (Å²) in [5, 5.41) is 7.75. The van der Waals surface area contributed by atoms with Crippen molar-refractivity contribution in [3.05, 3.63) is 71.7 Å². The predicted molar refractivity (Wildman–Crippen MR) is 111 cm³/mol. The lowest BCUT2D eigenvalue weighted by molar-refractivity contribution is -0.120. The van der Waals surface area contributed by atoms with Gasteiger partial charge in [-0.05, 0) is 43.7 Å². The van der Waals surface area contributed by atoms with E-state index in [-0.39, 0.29) is 17.8 Å². The molecule has 0 saturated carbocycles. The van der Waals surface area contributed by atoms with Gasteiger partial charge in [0.25, 0.3) is 0 Å². The van der Waals surface area contributed by atoms with Gasteiger partial charge in [0, 0.05) is 49.4 Å². The van der Waals surface area contributed by atoms with Crippen molar-refractivity contribution in [2.45, 2.75) is 32.9 Å². The average Bonchev–Trinajstić information content (AvgIpc) is 3.06. The minimum absolute atomic E-state index is 0.0835. The van der Waals surface area contributed by atoms with E-state index in [0.29, 0.717) is 26.1 Å². The van der Waals surface area contributed by atoms with E-state index < -0.39 is 0 Å². The van der Waals surface area contributed by atoms with Crippen LogP contribution in [0.2, 0.25) is 0 Å². The van der Waals surface area contributed by atoms with Gasteiger partial charge in [0.15, 0.2) is 0 Å². The molecule has 3 aromatic rings. The summed E-state index contributed by atoms with van der Waals surface area (Å²) < 4.78 is 15.7. The Kier molecular flexibility index (Phi) is 5.45. The molecule has 5 nitrogen and oxygen atoms in total. The molecule has 0 spiro atoms. The van der Waals surface area contributed by atoms with Gasteiger partial charge in [0.2, 0.25) is 5.91 Å². The number of halogens is 1. The summed E-state index contributed by atoms with van der Waals surface area (Å²) in [6, 6.07) is 14.9. The average molecular weight is 392 g/mol. The summed E-state index contributed by atoms with van der Waals surface area (Å²) >= 11 is 0. The third kappa shape index (κ3) is 4.38. The third-order valence-corrected chi connectivity index (χ3v) is 5.37. The predicted octanol–water partition coefficient (Wildman–Crippen LogP) is 3.70. The van der Waals surface area contributed by atoms with E-state index in [2.05, 4.69) is 23.2 Å². The number of nitrogens with one attached hydrogen (secondary N) is 1. The van der Waals surface area contributed by atoms with Crippen LogP contribution < -0.4 is 5.32 Å². The number of carbonyl (C=O) groups excluding carboxylic acids is 1. The highest BCUT2D eigenvalue weighted by molar-refractivity contribution is 5.76. The first kappa shape index (κ1) is 19.3. The molecule has 0 aliphatic carbocycles. The van der Waals surface area contributed by atoms with Crippen molar-refractivity contribution in [2.75, 3.05) is 13.1 Å². The van der Waals surface area contributed by atoms with Crippen LogP contribution in [0.5, 0.6) is 0 Å². The summed E-state index contributed by atoms with van der Waals surface area (Å²) in [6.07, 6.45) is 2.49. The Morgan fingerprint density at radius 1 is 1.21 bits per heavy atom. The molecule has 1 N–H and O–H groups in total. The number of rotatable bonds is 4. The van der Waals surface area contributed by atoms with Crippen LogP contribution in [0.4, 0.5) is 4.39 Å². The maximum absolute atomic E-state index is 13.9. The van der Waals surface area contributed by atoms with E-state index in [1.807, 2.05) is 42.1 Å². The summed E-state index contributed by atoms with van der Waals surface area (Å²) in [4.78, 5) is 14.1. The Bertz CT molecular complexity index is 1030. The van der Waals surface area contributed by atoms with E-state index in [9.17, 15) is 9.18 Å². The van der Waals surface area contributed by atoms with Gasteiger partial charge in [-0.15, -0.1) is 0 Å². The summed E-state index contributed by atoms with van der Waals surface area (Å²) in [7, 11) is 0. The molecule has 0 radical (unpaired) electrons. The Hall–Kier alpha value is -2.99. The van der Waals surface area contributed by atoms with E-state index in [4.69, 9.17) is 5.10 Å². The molecular formula is C23H25FN4O. The SMILES string of the molecule is Cc1cccc(-n2cc(CN3CCC(=O)NC[C@@H]3C)c(-c3cccc(F)c3)n2)c1. The molecule has 2 heterocycles. The highest BCUT2D eigenvalue weighted by Gasteiger charge is 2.23. The second kappa shape index (κ2) is 8.17. The molecule has 1 atom stereocenters. The van der Waals surface area contributed by atoms with Gasteiger partial charge in [0.1, 0.15) is 5.82 Å². The molecule has 1 aliphatic rings. The minimum atomic E-state index is -0.281. The lowest BCUT2D eigenvalue weighted by Crippen LogP contribution is -2.37. The number of benzene rings is 2. The molecular weight excluding hydrogens is 367 g/mol. The van der Waals surface area contributed by atoms with Crippen LogP contribution in [0.15, 0.2) is 54.7 Å². The second-order valence-corrected chi connectivity index (χ2v) is 7.67. The normalized spacial score (nSPS) is 17.8. The van der Waals surface area contributed by atoms with Gasteiger partial charge in [-0.1, -0.05) is 24.3 Å². The van der Waals surface area contributed by atoms with Crippen molar-refractivity contribution in [3.63, 3.8) is 0 Å². The van der Waals surface area contributed by atoms with Gasteiger partial charge >= 0.3 is 0 Å². The number of nitrogens with zero attached hydrogens (tertiary/aromatic N) is 3. The largest absolute Gasteiger partial charge is 0.355 e. The van der Waals surface area contributed by atoms with E-state index in [1.165, 1.54) is 12.1 Å². The summed E-state index contributed by atoms with van der Waals surface area (Å²) in [6.45, 7) is 6.11. The van der Waals surface area contributed by atoms with Gasteiger partial charge in [-0.2, -0.15) is 5.10 Å². The number of aromatic nitrogens is 2. The second-order valence-electron chi connectivity index (χ2n) is 7.67. The highest BCUT2D eigenvalue weighted by atomic mass is 19.1. The van der Waals surface area contributed by atoms with Crippen LogP contribution in [-0.2, 0) is 11.3 Å². The molecule has 2 aromatic carbocycles. The number of carbonyl (C=O) groups is 1. The van der Waals surface area contributed by atoms with Crippen molar-refractivity contribution in [1.82, 2.24) is 20.0 Å². The van der Waals surface area contributed by atoms with Crippen LogP contribution in [0.25, 0.3) is 16.9 Å². The maximum Gasteiger partial charge on any atom is 0.221 e. The molecule has 150 valence electrons. The van der Waals surface area contributed by atoms with Crippen LogP contribution >= 0.6 is 0 Å². The smallest absolute Gasteiger partial charge is 0.221 e. The molecule has 29 heavy (non-hydrogen) atoms. The monoisotopic (exact) mass is 392 g/mol. The standard InChI is InChI=1S/C23H25FN4O/c1-16-5-3-8-21(11-16)28-15-19(14-27-10-9-22(29)25-13-17(27)2)23(26-28)18-6-4-7-20(24)12-18/h3-8,11-12,15,17H,9-10,13-14H2,1-2H3,(H,25,29)/t17-/m0/s1. The molecule has 4 rings (SSSR count). The topological polar surface area (TPSA) is 50.2 Å². The van der Waals surface area contributed by atoms with Gasteiger partial charge < -0.3 is 5.32 Å². The lowest BCUT2D eigenvalue weighted by atomic mass is 10.1. The zero-order valence-electron chi connectivity index (χ0n) is 16.7.